The zero-order chi connectivity index (χ0) is 16.2. The molecule has 0 saturated heterocycles. The predicted molar refractivity (Wildman–Crippen MR) is 90.9 cm³/mol. The van der Waals surface area contributed by atoms with Gasteiger partial charge >= 0.3 is 0 Å². The lowest BCUT2D eigenvalue weighted by atomic mass is 10.0. The number of carbonyl (C=O) groups excluding carboxylic acids is 1. The lowest BCUT2D eigenvalue weighted by Gasteiger charge is -2.30. The number of anilines is 1. The van der Waals surface area contributed by atoms with Crippen molar-refractivity contribution in [1.29, 1.82) is 0 Å². The molecule has 4 nitrogen and oxygen atoms in total. The summed E-state index contributed by atoms with van der Waals surface area (Å²) >= 11 is 0. The molecule has 2 aromatic carbocycles. The average Bonchev–Trinajstić information content (AvgIpc) is 2.61. The van der Waals surface area contributed by atoms with E-state index >= 15 is 0 Å². The maximum absolute atomic E-state index is 12.7. The molecule has 0 spiro atoms. The highest BCUT2D eigenvalue weighted by Gasteiger charge is 2.21. The molecule has 120 valence electrons. The Bertz CT molecular complexity index is 712. The smallest absolute Gasteiger partial charge is 0.185 e. The van der Waals surface area contributed by atoms with E-state index < -0.39 is 0 Å². The van der Waals surface area contributed by atoms with Gasteiger partial charge in [-0.05, 0) is 36.6 Å². The topological polar surface area (TPSA) is 38.8 Å². The van der Waals surface area contributed by atoms with E-state index in [0.717, 1.165) is 19.4 Å². The third-order valence-corrected chi connectivity index (χ3v) is 4.25. The minimum Gasteiger partial charge on any atom is -0.497 e. The van der Waals surface area contributed by atoms with Crippen LogP contribution in [0.3, 0.4) is 0 Å². The maximum Gasteiger partial charge on any atom is 0.185 e. The Morgan fingerprint density at radius 2 is 1.96 bits per heavy atom. The van der Waals surface area contributed by atoms with Gasteiger partial charge in [-0.1, -0.05) is 18.2 Å². The molecule has 0 saturated carbocycles. The monoisotopic (exact) mass is 311 g/mol. The zero-order valence-corrected chi connectivity index (χ0v) is 13.5. The standard InChI is InChI=1S/C19H21NO3/c1-22-15-9-10-16(19(12-15)23-2)18(21)13-20-11-5-7-14-6-3-4-8-17(14)20/h3-4,6,8-10,12H,5,7,11,13H2,1-2H3. The minimum atomic E-state index is 0.0567. The van der Waals surface area contributed by atoms with Crippen LogP contribution >= 0.6 is 0 Å². The van der Waals surface area contributed by atoms with Crippen molar-refractivity contribution in [3.05, 3.63) is 53.6 Å². The van der Waals surface area contributed by atoms with E-state index in [1.165, 1.54) is 11.3 Å². The minimum absolute atomic E-state index is 0.0567. The molecule has 0 unspecified atom stereocenters. The fourth-order valence-corrected chi connectivity index (χ4v) is 3.06. The second kappa shape index (κ2) is 6.73. The molecule has 0 atom stereocenters. The molecule has 0 radical (unpaired) electrons. The van der Waals surface area contributed by atoms with Crippen LogP contribution in [0.15, 0.2) is 42.5 Å². The normalized spacial score (nSPS) is 13.4. The molecule has 0 amide bonds. The summed E-state index contributed by atoms with van der Waals surface area (Å²) in [7, 11) is 3.17. The molecule has 1 aliphatic heterocycles. The molecule has 0 N–H and O–H groups in total. The molecule has 3 rings (SSSR count). The highest BCUT2D eigenvalue weighted by molar-refractivity contribution is 6.01. The van der Waals surface area contributed by atoms with Crippen LogP contribution in [-0.4, -0.2) is 33.1 Å². The van der Waals surface area contributed by atoms with E-state index in [-0.39, 0.29) is 5.78 Å². The summed E-state index contributed by atoms with van der Waals surface area (Å²) in [6.07, 6.45) is 2.15. The second-order valence-electron chi connectivity index (χ2n) is 5.64. The molecule has 1 heterocycles. The summed E-state index contributed by atoms with van der Waals surface area (Å²) < 4.78 is 10.5. The summed E-state index contributed by atoms with van der Waals surface area (Å²) in [5.41, 5.74) is 3.07. The molecule has 0 aromatic heterocycles. The molecule has 0 bridgehead atoms. The number of hydrogen-bond acceptors (Lipinski definition) is 4. The van der Waals surface area contributed by atoms with Crippen LogP contribution in [0, 0.1) is 0 Å². The molecule has 0 fully saturated rings. The van der Waals surface area contributed by atoms with Crippen molar-refractivity contribution in [3.63, 3.8) is 0 Å². The Morgan fingerprint density at radius 1 is 1.13 bits per heavy atom. The fraction of sp³-hybridized carbons (Fsp3) is 0.316. The van der Waals surface area contributed by atoms with Gasteiger partial charge in [0.05, 0.1) is 26.3 Å². The summed E-state index contributed by atoms with van der Waals surface area (Å²) in [6, 6.07) is 13.6. The van der Waals surface area contributed by atoms with Gasteiger partial charge < -0.3 is 14.4 Å². The SMILES string of the molecule is COc1ccc(C(=O)CN2CCCc3ccccc32)c(OC)c1. The van der Waals surface area contributed by atoms with Crippen molar-refractivity contribution in [2.45, 2.75) is 12.8 Å². The summed E-state index contributed by atoms with van der Waals surface area (Å²) in [6.45, 7) is 1.26. The van der Waals surface area contributed by atoms with Crippen molar-refractivity contribution in [1.82, 2.24) is 0 Å². The maximum atomic E-state index is 12.7. The quantitative estimate of drug-likeness (QED) is 0.794. The molecular weight excluding hydrogens is 290 g/mol. The number of Topliss-reactive ketones (excluding diaryl/α,β-unsaturated/α-hetero) is 1. The van der Waals surface area contributed by atoms with Gasteiger partial charge in [0.25, 0.3) is 0 Å². The van der Waals surface area contributed by atoms with Crippen LogP contribution in [0.4, 0.5) is 5.69 Å². The van der Waals surface area contributed by atoms with Gasteiger partial charge in [0, 0.05) is 18.3 Å². The number of rotatable bonds is 5. The zero-order valence-electron chi connectivity index (χ0n) is 13.5. The van der Waals surface area contributed by atoms with E-state index in [2.05, 4.69) is 23.1 Å². The summed E-state index contributed by atoms with van der Waals surface area (Å²) in [5.74, 6) is 1.29. The molecule has 4 heteroatoms. The van der Waals surface area contributed by atoms with Crippen LogP contribution in [0.1, 0.15) is 22.3 Å². The van der Waals surface area contributed by atoms with Gasteiger partial charge in [0.2, 0.25) is 0 Å². The van der Waals surface area contributed by atoms with Gasteiger partial charge in [0.15, 0.2) is 5.78 Å². The van der Waals surface area contributed by atoms with E-state index in [9.17, 15) is 4.79 Å². The van der Waals surface area contributed by atoms with Crippen LogP contribution in [0.25, 0.3) is 0 Å². The Labute approximate surface area is 136 Å². The van der Waals surface area contributed by atoms with Gasteiger partial charge in [-0.15, -0.1) is 0 Å². The van der Waals surface area contributed by atoms with E-state index in [1.54, 1.807) is 32.4 Å². The van der Waals surface area contributed by atoms with Crippen molar-refractivity contribution >= 4 is 11.5 Å². The van der Waals surface area contributed by atoms with Gasteiger partial charge in [0.1, 0.15) is 11.5 Å². The number of ketones is 1. The van der Waals surface area contributed by atoms with Gasteiger partial charge in [-0.25, -0.2) is 0 Å². The van der Waals surface area contributed by atoms with E-state index in [4.69, 9.17) is 9.47 Å². The van der Waals surface area contributed by atoms with Gasteiger partial charge in [-0.3, -0.25) is 4.79 Å². The molecule has 2 aromatic rings. The average molecular weight is 311 g/mol. The number of aryl methyl sites for hydroxylation is 1. The van der Waals surface area contributed by atoms with Crippen LogP contribution in [-0.2, 0) is 6.42 Å². The van der Waals surface area contributed by atoms with Crippen LogP contribution in [0.2, 0.25) is 0 Å². The van der Waals surface area contributed by atoms with Crippen LogP contribution < -0.4 is 14.4 Å². The van der Waals surface area contributed by atoms with Crippen molar-refractivity contribution in [2.75, 3.05) is 32.2 Å². The molecular formula is C19H21NO3. The Kier molecular flexibility index (Phi) is 4.51. The first-order valence-corrected chi connectivity index (χ1v) is 7.81. The van der Waals surface area contributed by atoms with Crippen molar-refractivity contribution in [2.24, 2.45) is 0 Å². The highest BCUT2D eigenvalue weighted by atomic mass is 16.5. The van der Waals surface area contributed by atoms with Gasteiger partial charge in [-0.2, -0.15) is 0 Å². The van der Waals surface area contributed by atoms with Crippen LogP contribution in [0.5, 0.6) is 11.5 Å². The lowest BCUT2D eigenvalue weighted by Crippen LogP contribution is -2.34. The summed E-state index contributed by atoms with van der Waals surface area (Å²) in [4.78, 5) is 14.9. The summed E-state index contributed by atoms with van der Waals surface area (Å²) in [5, 5.41) is 0. The fourth-order valence-electron chi connectivity index (χ4n) is 3.06. The number of ether oxygens (including phenoxy) is 2. The first-order chi connectivity index (χ1) is 11.2. The number of methoxy groups -OCH3 is 2. The Hall–Kier alpha value is -2.49. The first-order valence-electron chi connectivity index (χ1n) is 7.81. The Morgan fingerprint density at radius 3 is 2.74 bits per heavy atom. The molecule has 0 aliphatic carbocycles. The molecule has 1 aliphatic rings. The third kappa shape index (κ3) is 3.16. The number of fused-ring (bicyclic) bond motifs is 1. The Balaban J connectivity index is 1.83. The lowest BCUT2D eigenvalue weighted by molar-refractivity contribution is 0.0995. The van der Waals surface area contributed by atoms with E-state index in [1.807, 2.05) is 6.07 Å². The van der Waals surface area contributed by atoms with E-state index in [0.29, 0.717) is 23.6 Å². The van der Waals surface area contributed by atoms with Crippen molar-refractivity contribution < 1.29 is 14.3 Å². The number of benzene rings is 2. The number of hydrogen-bond donors (Lipinski definition) is 0. The molecule has 23 heavy (non-hydrogen) atoms. The number of nitrogens with zero attached hydrogens (tertiary/aromatic N) is 1. The number of para-hydroxylation sites is 1. The first kappa shape index (κ1) is 15.4. The second-order valence-corrected chi connectivity index (χ2v) is 5.64. The largest absolute Gasteiger partial charge is 0.497 e. The highest BCUT2D eigenvalue weighted by Crippen LogP contribution is 2.29. The number of carbonyl (C=O) groups is 1. The van der Waals surface area contributed by atoms with Crippen molar-refractivity contribution in [3.8, 4) is 11.5 Å². The third-order valence-electron chi connectivity index (χ3n) is 4.25. The predicted octanol–water partition coefficient (Wildman–Crippen LogP) is 3.34.